The van der Waals surface area contributed by atoms with E-state index in [9.17, 15) is 18.0 Å². The number of halogens is 3. The maximum Gasteiger partial charge on any atom is 0.389 e. The minimum absolute atomic E-state index is 0.244. The average Bonchev–Trinajstić information content (AvgIpc) is 2.66. The Kier molecular flexibility index (Phi) is 5.57. The normalized spacial score (nSPS) is 15.7. The number of piperidine rings is 1. The predicted molar refractivity (Wildman–Crippen MR) is 92.2 cm³/mol. The van der Waals surface area contributed by atoms with Crippen LogP contribution in [-0.4, -0.2) is 45.3 Å². The first-order valence-corrected chi connectivity index (χ1v) is 8.64. The second-order valence-electron chi connectivity index (χ2n) is 6.48. The molecule has 0 aromatic carbocycles. The third-order valence-electron chi connectivity index (χ3n) is 4.57. The summed E-state index contributed by atoms with van der Waals surface area (Å²) >= 11 is 0. The van der Waals surface area contributed by atoms with Gasteiger partial charge in [0.1, 0.15) is 5.69 Å². The van der Waals surface area contributed by atoms with Gasteiger partial charge in [0.2, 0.25) is 0 Å². The minimum Gasteiger partial charge on any atom is -0.481 e. The van der Waals surface area contributed by atoms with Crippen LogP contribution < -0.4 is 4.90 Å². The van der Waals surface area contributed by atoms with E-state index in [0.29, 0.717) is 37.4 Å². The summed E-state index contributed by atoms with van der Waals surface area (Å²) in [6.45, 7) is 0.929. The molecule has 3 rings (SSSR count). The van der Waals surface area contributed by atoms with Crippen molar-refractivity contribution in [2.75, 3.05) is 18.0 Å². The molecule has 27 heavy (non-hydrogen) atoms. The third kappa shape index (κ3) is 4.93. The van der Waals surface area contributed by atoms with Gasteiger partial charge in [-0.2, -0.15) is 13.2 Å². The van der Waals surface area contributed by atoms with Crippen molar-refractivity contribution in [3.63, 3.8) is 0 Å². The first kappa shape index (κ1) is 19.1. The van der Waals surface area contributed by atoms with Gasteiger partial charge in [0.25, 0.3) is 0 Å². The first-order valence-electron chi connectivity index (χ1n) is 8.64. The van der Waals surface area contributed by atoms with Crippen molar-refractivity contribution in [1.82, 2.24) is 15.0 Å². The van der Waals surface area contributed by atoms with E-state index in [2.05, 4.69) is 15.0 Å². The highest BCUT2D eigenvalue weighted by atomic mass is 19.4. The van der Waals surface area contributed by atoms with Gasteiger partial charge in [-0.05, 0) is 31.4 Å². The third-order valence-corrected chi connectivity index (χ3v) is 4.57. The molecule has 3 heterocycles. The Balaban J connectivity index is 1.89. The Morgan fingerprint density at radius 1 is 1.22 bits per heavy atom. The molecule has 0 bridgehead atoms. The van der Waals surface area contributed by atoms with Crippen molar-refractivity contribution < 1.29 is 23.1 Å². The Morgan fingerprint density at radius 3 is 2.48 bits per heavy atom. The molecule has 9 heteroatoms. The molecule has 6 nitrogen and oxygen atoms in total. The maximum atomic E-state index is 12.5. The molecular formula is C18H19F3N4O2. The van der Waals surface area contributed by atoms with Crippen LogP contribution in [0.25, 0.3) is 11.3 Å². The Morgan fingerprint density at radius 2 is 1.89 bits per heavy atom. The number of aryl methyl sites for hydroxylation is 1. The average molecular weight is 380 g/mol. The lowest BCUT2D eigenvalue weighted by Gasteiger charge is -2.32. The van der Waals surface area contributed by atoms with E-state index in [1.807, 2.05) is 4.90 Å². The zero-order chi connectivity index (χ0) is 19.4. The maximum absolute atomic E-state index is 12.5. The van der Waals surface area contributed by atoms with Crippen molar-refractivity contribution in [2.45, 2.75) is 31.9 Å². The lowest BCUT2D eigenvalue weighted by atomic mass is 9.97. The summed E-state index contributed by atoms with van der Waals surface area (Å²) in [5.41, 5.74) is 1.58. The van der Waals surface area contributed by atoms with E-state index in [4.69, 9.17) is 5.11 Å². The van der Waals surface area contributed by atoms with Crippen LogP contribution in [0.15, 0.2) is 30.7 Å². The SMILES string of the molecule is O=C(O)C1CCN(c2nc(CCC(F)(F)F)cnc2-c2ccncc2)CC1. The molecule has 2 aromatic rings. The van der Waals surface area contributed by atoms with Crippen molar-refractivity contribution >= 4 is 11.8 Å². The number of carbonyl (C=O) groups is 1. The van der Waals surface area contributed by atoms with Gasteiger partial charge in [0, 0.05) is 43.7 Å². The molecule has 1 N–H and O–H groups in total. The fraction of sp³-hybridized carbons (Fsp3) is 0.444. The fourth-order valence-corrected chi connectivity index (χ4v) is 3.08. The fourth-order valence-electron chi connectivity index (χ4n) is 3.08. The molecule has 1 fully saturated rings. The summed E-state index contributed by atoms with van der Waals surface area (Å²) in [6.07, 6.45) is 0.0339. The van der Waals surface area contributed by atoms with E-state index in [1.165, 1.54) is 6.20 Å². The lowest BCUT2D eigenvalue weighted by Crippen LogP contribution is -2.37. The number of carboxylic acids is 1. The van der Waals surface area contributed by atoms with Gasteiger partial charge in [-0.3, -0.25) is 14.8 Å². The number of alkyl halides is 3. The van der Waals surface area contributed by atoms with Crippen LogP contribution in [0.3, 0.4) is 0 Å². The number of hydrogen-bond donors (Lipinski definition) is 1. The number of hydrogen-bond acceptors (Lipinski definition) is 5. The van der Waals surface area contributed by atoms with Crippen LogP contribution in [0.1, 0.15) is 25.0 Å². The highest BCUT2D eigenvalue weighted by Crippen LogP contribution is 2.31. The number of rotatable bonds is 5. The summed E-state index contributed by atoms with van der Waals surface area (Å²) < 4.78 is 37.6. The van der Waals surface area contributed by atoms with Crippen LogP contribution in [0.5, 0.6) is 0 Å². The van der Waals surface area contributed by atoms with Crippen LogP contribution in [0, 0.1) is 5.92 Å². The summed E-state index contributed by atoms with van der Waals surface area (Å²) in [5.74, 6) is -0.745. The minimum atomic E-state index is -4.26. The van der Waals surface area contributed by atoms with Crippen molar-refractivity contribution in [2.24, 2.45) is 5.92 Å². The Bertz CT molecular complexity index is 791. The lowest BCUT2D eigenvalue weighted by molar-refractivity contribution is -0.142. The van der Waals surface area contributed by atoms with E-state index >= 15 is 0 Å². The number of carboxylic acid groups (broad SMARTS) is 1. The largest absolute Gasteiger partial charge is 0.481 e. The van der Waals surface area contributed by atoms with Crippen molar-refractivity contribution in [3.05, 3.63) is 36.4 Å². The predicted octanol–water partition coefficient (Wildman–Crippen LogP) is 3.33. The highest BCUT2D eigenvalue weighted by molar-refractivity contribution is 5.73. The summed E-state index contributed by atoms with van der Waals surface area (Å²) in [5, 5.41) is 9.16. The number of anilines is 1. The molecule has 0 radical (unpaired) electrons. The standard InChI is InChI=1S/C18H19F3N4O2/c19-18(20,21)6-1-14-11-23-15(12-2-7-22-8-3-12)16(24-14)25-9-4-13(5-10-25)17(26)27/h2-3,7-8,11,13H,1,4-6,9-10H2,(H,26,27). The van der Waals surface area contributed by atoms with Gasteiger partial charge < -0.3 is 10.0 Å². The summed E-state index contributed by atoms with van der Waals surface area (Å²) in [7, 11) is 0. The van der Waals surface area contributed by atoms with Gasteiger partial charge in [-0.25, -0.2) is 4.98 Å². The molecule has 1 aliphatic rings. The van der Waals surface area contributed by atoms with Crippen LogP contribution in [0.4, 0.5) is 19.0 Å². The molecule has 0 atom stereocenters. The number of aliphatic carboxylic acids is 1. The van der Waals surface area contributed by atoms with Crippen LogP contribution >= 0.6 is 0 Å². The van der Waals surface area contributed by atoms with Gasteiger partial charge in [0.05, 0.1) is 11.6 Å². The molecule has 144 valence electrons. The van der Waals surface area contributed by atoms with Crippen LogP contribution in [-0.2, 0) is 11.2 Å². The Labute approximate surface area is 154 Å². The van der Waals surface area contributed by atoms with E-state index in [0.717, 1.165) is 5.56 Å². The monoisotopic (exact) mass is 380 g/mol. The van der Waals surface area contributed by atoms with Gasteiger partial charge >= 0.3 is 12.1 Å². The quantitative estimate of drug-likeness (QED) is 0.857. The number of pyridine rings is 1. The zero-order valence-electron chi connectivity index (χ0n) is 14.5. The number of nitrogens with zero attached hydrogens (tertiary/aromatic N) is 4. The molecule has 0 amide bonds. The Hall–Kier alpha value is -2.71. The molecule has 0 unspecified atom stereocenters. The number of aromatic nitrogens is 3. The van der Waals surface area contributed by atoms with Crippen molar-refractivity contribution in [3.8, 4) is 11.3 Å². The molecule has 0 saturated carbocycles. The van der Waals surface area contributed by atoms with Gasteiger partial charge in [0.15, 0.2) is 5.82 Å². The first-order chi connectivity index (χ1) is 12.8. The van der Waals surface area contributed by atoms with Gasteiger partial charge in [-0.1, -0.05) is 0 Å². The van der Waals surface area contributed by atoms with Gasteiger partial charge in [-0.15, -0.1) is 0 Å². The van der Waals surface area contributed by atoms with E-state index in [1.54, 1.807) is 24.5 Å². The summed E-state index contributed by atoms with van der Waals surface area (Å²) in [4.78, 5) is 25.8. The second kappa shape index (κ2) is 7.89. The molecular weight excluding hydrogens is 361 g/mol. The molecule has 0 spiro atoms. The van der Waals surface area contributed by atoms with E-state index in [-0.39, 0.29) is 12.1 Å². The van der Waals surface area contributed by atoms with Crippen molar-refractivity contribution in [1.29, 1.82) is 0 Å². The molecule has 1 aliphatic heterocycles. The summed E-state index contributed by atoms with van der Waals surface area (Å²) in [6, 6.07) is 3.51. The smallest absolute Gasteiger partial charge is 0.389 e. The molecule has 1 saturated heterocycles. The highest BCUT2D eigenvalue weighted by Gasteiger charge is 2.29. The van der Waals surface area contributed by atoms with E-state index < -0.39 is 24.5 Å². The zero-order valence-corrected chi connectivity index (χ0v) is 14.5. The topological polar surface area (TPSA) is 79.2 Å². The second-order valence-corrected chi connectivity index (χ2v) is 6.48. The molecule has 0 aliphatic carbocycles. The van der Waals surface area contributed by atoms with Crippen LogP contribution in [0.2, 0.25) is 0 Å². The molecule has 2 aromatic heterocycles.